The highest BCUT2D eigenvalue weighted by atomic mass is 35.5. The number of rotatable bonds is 6. The fourth-order valence-electron chi connectivity index (χ4n) is 4.78. The quantitative estimate of drug-likeness (QED) is 0.479. The van der Waals surface area contributed by atoms with Crippen molar-refractivity contribution in [1.29, 1.82) is 0 Å². The van der Waals surface area contributed by atoms with E-state index in [0.29, 0.717) is 10.7 Å². The number of aromatic nitrogens is 1. The molecule has 2 aromatic carbocycles. The molecule has 0 radical (unpaired) electrons. The predicted molar refractivity (Wildman–Crippen MR) is 137 cm³/mol. The van der Waals surface area contributed by atoms with Crippen LogP contribution in [0.4, 0.5) is 24.5 Å². The topological polar surface area (TPSA) is 101 Å². The Morgan fingerprint density at radius 3 is 2.23 bits per heavy atom. The zero-order chi connectivity index (χ0) is 27.9. The summed E-state index contributed by atoms with van der Waals surface area (Å²) in [4.78, 5) is 52.3. The highest BCUT2D eigenvalue weighted by Crippen LogP contribution is 2.50. The molecule has 1 saturated heterocycles. The van der Waals surface area contributed by atoms with Gasteiger partial charge in [-0.2, -0.15) is 0 Å². The summed E-state index contributed by atoms with van der Waals surface area (Å²) in [6.07, 6.45) is 0.952. The van der Waals surface area contributed by atoms with Crippen molar-refractivity contribution < 1.29 is 27.6 Å². The van der Waals surface area contributed by atoms with E-state index in [1.54, 1.807) is 24.3 Å². The number of halogens is 4. The van der Waals surface area contributed by atoms with E-state index >= 15 is 0 Å². The zero-order valence-corrected chi connectivity index (χ0v) is 21.0. The monoisotopic (exact) mass is 558 g/mol. The number of hydrogen-bond donors (Lipinski definition) is 2. The predicted octanol–water partition coefficient (Wildman–Crippen LogP) is 3.94. The van der Waals surface area contributed by atoms with E-state index in [1.807, 2.05) is 0 Å². The summed E-state index contributed by atoms with van der Waals surface area (Å²) in [7, 11) is 0. The van der Waals surface area contributed by atoms with Gasteiger partial charge in [0.15, 0.2) is 0 Å². The van der Waals surface area contributed by atoms with E-state index in [-0.39, 0.29) is 23.5 Å². The second kappa shape index (κ2) is 10.2. The second-order valence-corrected chi connectivity index (χ2v) is 9.94. The van der Waals surface area contributed by atoms with Gasteiger partial charge in [0.05, 0.1) is 35.7 Å². The fourth-order valence-corrected chi connectivity index (χ4v) is 4.90. The van der Waals surface area contributed by atoms with Crippen LogP contribution >= 0.6 is 11.6 Å². The van der Waals surface area contributed by atoms with Gasteiger partial charge in [-0.3, -0.25) is 23.7 Å². The number of alkyl halides is 2. The molecule has 0 bridgehead atoms. The van der Waals surface area contributed by atoms with Crippen molar-refractivity contribution in [2.45, 2.75) is 12.3 Å². The lowest BCUT2D eigenvalue weighted by Crippen LogP contribution is -2.34. The molecule has 1 saturated carbocycles. The third-order valence-corrected chi connectivity index (χ3v) is 7.07. The summed E-state index contributed by atoms with van der Waals surface area (Å²) < 4.78 is 43.6. The summed E-state index contributed by atoms with van der Waals surface area (Å²) in [5.74, 6) is -9.61. The number of hydrogen-bond acceptors (Lipinski definition) is 4. The van der Waals surface area contributed by atoms with Gasteiger partial charge in [-0.1, -0.05) is 17.7 Å². The molecule has 1 aliphatic heterocycles. The average molecular weight is 559 g/mol. The molecule has 39 heavy (non-hydrogen) atoms. The molecule has 0 spiro atoms. The van der Waals surface area contributed by atoms with Gasteiger partial charge in [0.2, 0.25) is 17.7 Å². The van der Waals surface area contributed by atoms with E-state index in [4.69, 9.17) is 11.6 Å². The normalized spacial score (nSPS) is 21.3. The maximum Gasteiger partial charge on any atom is 0.267 e. The lowest BCUT2D eigenvalue weighted by molar-refractivity contribution is -0.135. The van der Waals surface area contributed by atoms with Gasteiger partial charge in [-0.05, 0) is 42.5 Å². The molecule has 8 nitrogen and oxygen atoms in total. The Balaban J connectivity index is 1.35. The van der Waals surface area contributed by atoms with E-state index in [9.17, 15) is 32.3 Å². The first-order chi connectivity index (χ1) is 18.5. The summed E-state index contributed by atoms with van der Waals surface area (Å²) in [6, 6.07) is 14.3. The lowest BCUT2D eigenvalue weighted by Gasteiger charge is -2.16. The molecule has 5 rings (SSSR count). The number of nitrogens with one attached hydrogen (secondary N) is 2. The molecule has 3 aromatic rings. The first-order valence-corrected chi connectivity index (χ1v) is 12.4. The summed E-state index contributed by atoms with van der Waals surface area (Å²) in [5.41, 5.74) is -0.0108. The van der Waals surface area contributed by atoms with Gasteiger partial charge in [0, 0.05) is 42.0 Å². The molecular formula is C27H22ClF3N4O4. The molecule has 2 heterocycles. The molecular weight excluding hydrogens is 537 g/mol. The third kappa shape index (κ3) is 5.53. The number of amides is 3. The molecule has 3 unspecified atom stereocenters. The molecule has 2 N–H and O–H groups in total. The SMILES string of the molecule is O=C(Nc1ccc(Cl)cc1)C1C(C(=O)Nc2ccc(-n3ccccc3=O)cc2F)C1C(=O)N1CCC(F)(F)C1. The van der Waals surface area contributed by atoms with Crippen LogP contribution in [0.5, 0.6) is 0 Å². The molecule has 12 heteroatoms. The number of pyridine rings is 1. The van der Waals surface area contributed by atoms with Crippen LogP contribution in [0.1, 0.15) is 6.42 Å². The van der Waals surface area contributed by atoms with Crippen molar-refractivity contribution >= 4 is 40.7 Å². The standard InChI is InChI=1S/C27H22ClF3N4O4/c28-15-4-6-16(7-5-15)32-24(37)21-22(23(21)26(39)34-12-10-27(30,31)14-34)25(38)33-19-9-8-17(13-18(19)29)35-11-2-1-3-20(35)36/h1-9,11,13,21-23H,10,12,14H2,(H,32,37)(H,33,38). The Labute approximate surface area is 225 Å². The summed E-state index contributed by atoms with van der Waals surface area (Å²) in [6.45, 7) is -0.992. The maximum absolute atomic E-state index is 14.9. The van der Waals surface area contributed by atoms with E-state index in [2.05, 4.69) is 10.6 Å². The van der Waals surface area contributed by atoms with Crippen LogP contribution in [0.15, 0.2) is 71.7 Å². The average Bonchev–Trinajstić information content (AvgIpc) is 3.55. The van der Waals surface area contributed by atoms with Gasteiger partial charge < -0.3 is 15.5 Å². The highest BCUT2D eigenvalue weighted by Gasteiger charge is 2.64. The van der Waals surface area contributed by atoms with Gasteiger partial charge in [0.25, 0.3) is 11.5 Å². The van der Waals surface area contributed by atoms with Gasteiger partial charge in [0.1, 0.15) is 5.82 Å². The summed E-state index contributed by atoms with van der Waals surface area (Å²) in [5, 5.41) is 5.44. The highest BCUT2D eigenvalue weighted by molar-refractivity contribution is 6.30. The van der Waals surface area contributed by atoms with Crippen molar-refractivity contribution in [2.24, 2.45) is 17.8 Å². The Bertz CT molecular complexity index is 1510. The third-order valence-electron chi connectivity index (χ3n) is 6.81. The Kier molecular flexibility index (Phi) is 6.94. The maximum atomic E-state index is 14.9. The second-order valence-electron chi connectivity index (χ2n) is 9.50. The van der Waals surface area contributed by atoms with Gasteiger partial charge >= 0.3 is 0 Å². The molecule has 1 aliphatic carbocycles. The number of anilines is 2. The summed E-state index contributed by atoms with van der Waals surface area (Å²) >= 11 is 5.87. The van der Waals surface area contributed by atoms with E-state index in [1.165, 1.54) is 41.1 Å². The van der Waals surface area contributed by atoms with Crippen LogP contribution < -0.4 is 16.2 Å². The van der Waals surface area contributed by atoms with Crippen molar-refractivity contribution in [3.63, 3.8) is 0 Å². The van der Waals surface area contributed by atoms with E-state index in [0.717, 1.165) is 11.0 Å². The minimum Gasteiger partial charge on any atom is -0.336 e. The molecule has 2 aliphatic rings. The van der Waals surface area contributed by atoms with Crippen LogP contribution in [-0.2, 0) is 14.4 Å². The van der Waals surface area contributed by atoms with Crippen LogP contribution in [0.2, 0.25) is 5.02 Å². The van der Waals surface area contributed by atoms with Crippen molar-refractivity contribution in [1.82, 2.24) is 9.47 Å². The number of likely N-dealkylation sites (tertiary alicyclic amines) is 1. The smallest absolute Gasteiger partial charge is 0.267 e. The minimum absolute atomic E-state index is 0.197. The first kappa shape index (κ1) is 26.5. The number of carbonyl (C=O) groups is 3. The van der Waals surface area contributed by atoms with Crippen molar-refractivity contribution in [2.75, 3.05) is 23.7 Å². The lowest BCUT2D eigenvalue weighted by atomic mass is 10.2. The fraction of sp³-hybridized carbons (Fsp3) is 0.259. The Morgan fingerprint density at radius 2 is 1.62 bits per heavy atom. The van der Waals surface area contributed by atoms with Crippen LogP contribution in [0.3, 0.4) is 0 Å². The molecule has 2 fully saturated rings. The van der Waals surface area contributed by atoms with Crippen molar-refractivity contribution in [3.05, 3.63) is 88.1 Å². The number of carbonyl (C=O) groups excluding carboxylic acids is 3. The van der Waals surface area contributed by atoms with Crippen LogP contribution in [0, 0.1) is 23.6 Å². The molecule has 202 valence electrons. The van der Waals surface area contributed by atoms with Crippen molar-refractivity contribution in [3.8, 4) is 5.69 Å². The number of nitrogens with zero attached hydrogens (tertiary/aromatic N) is 2. The van der Waals surface area contributed by atoms with Gasteiger partial charge in [-0.25, -0.2) is 13.2 Å². The molecule has 1 aromatic heterocycles. The number of benzene rings is 2. The molecule has 3 amide bonds. The largest absolute Gasteiger partial charge is 0.336 e. The zero-order valence-electron chi connectivity index (χ0n) is 20.2. The van der Waals surface area contributed by atoms with Crippen LogP contribution in [-0.4, -0.2) is 46.2 Å². The van der Waals surface area contributed by atoms with Gasteiger partial charge in [-0.15, -0.1) is 0 Å². The Hall–Kier alpha value is -4.12. The Morgan fingerprint density at radius 1 is 0.923 bits per heavy atom. The first-order valence-electron chi connectivity index (χ1n) is 12.1. The van der Waals surface area contributed by atoms with Crippen LogP contribution in [0.25, 0.3) is 5.69 Å². The molecule has 3 atom stereocenters. The minimum atomic E-state index is -3.05. The van der Waals surface area contributed by atoms with E-state index < -0.39 is 60.2 Å².